The number of fused-ring (bicyclic) bond motifs is 3. The lowest BCUT2D eigenvalue weighted by Crippen LogP contribution is -2.32. The molecule has 3 rings (SSSR count). The summed E-state index contributed by atoms with van der Waals surface area (Å²) in [5, 5.41) is 11.0. The van der Waals surface area contributed by atoms with E-state index in [1.54, 1.807) is 0 Å². The highest BCUT2D eigenvalue weighted by Crippen LogP contribution is 2.44. The smallest absolute Gasteiger partial charge is 0.407 e. The number of carbonyl (C=O) groups is 2. The van der Waals surface area contributed by atoms with E-state index in [0.29, 0.717) is 0 Å². The number of nitrogens with one attached hydrogen (secondary N) is 1. The highest BCUT2D eigenvalue weighted by atomic mass is 19.4. The fourth-order valence-corrected chi connectivity index (χ4v) is 3.57. The van der Waals surface area contributed by atoms with E-state index >= 15 is 0 Å². The summed E-state index contributed by atoms with van der Waals surface area (Å²) in [6, 6.07) is 15.7. The molecule has 0 heterocycles. The number of hydrogen-bond acceptors (Lipinski definition) is 3. The van der Waals surface area contributed by atoms with Crippen molar-refractivity contribution >= 4 is 12.1 Å². The number of ether oxygens (including phenoxy) is 1. The maximum Gasteiger partial charge on any atom is 0.407 e. The molecule has 0 fully saturated rings. The van der Waals surface area contributed by atoms with E-state index in [-0.39, 0.29) is 25.5 Å². The van der Waals surface area contributed by atoms with Gasteiger partial charge in [-0.2, -0.15) is 13.2 Å². The predicted molar refractivity (Wildman–Crippen MR) is 99.5 cm³/mol. The van der Waals surface area contributed by atoms with E-state index in [1.165, 1.54) is 0 Å². The monoisotopic (exact) mass is 407 g/mol. The molecule has 154 valence electrons. The molecule has 0 aliphatic heterocycles. The molecule has 0 aromatic heterocycles. The first-order valence-electron chi connectivity index (χ1n) is 9.17. The summed E-state index contributed by atoms with van der Waals surface area (Å²) in [7, 11) is 0. The summed E-state index contributed by atoms with van der Waals surface area (Å²) in [5.74, 6) is -4.47. The summed E-state index contributed by atoms with van der Waals surface area (Å²) in [4.78, 5) is 22.6. The SMILES string of the molecule is O=C(NCCCC(C(=O)O)C(F)(F)F)OCC1c2ccccc2-c2ccccc21. The first kappa shape index (κ1) is 20.7. The van der Waals surface area contributed by atoms with Crippen molar-refractivity contribution in [3.63, 3.8) is 0 Å². The van der Waals surface area contributed by atoms with Gasteiger partial charge in [0.2, 0.25) is 0 Å². The zero-order chi connectivity index (χ0) is 21.0. The first-order valence-corrected chi connectivity index (χ1v) is 9.17. The molecular weight excluding hydrogens is 387 g/mol. The molecule has 1 atom stereocenters. The molecule has 0 spiro atoms. The molecule has 2 aromatic carbocycles. The molecule has 0 saturated carbocycles. The Balaban J connectivity index is 1.51. The van der Waals surface area contributed by atoms with Crippen LogP contribution in [0.25, 0.3) is 11.1 Å². The zero-order valence-corrected chi connectivity index (χ0v) is 15.4. The van der Waals surface area contributed by atoms with Crippen LogP contribution in [0.15, 0.2) is 48.5 Å². The third-order valence-corrected chi connectivity index (χ3v) is 4.98. The van der Waals surface area contributed by atoms with Gasteiger partial charge in [-0.15, -0.1) is 0 Å². The Bertz CT molecular complexity index is 852. The molecule has 0 bridgehead atoms. The van der Waals surface area contributed by atoms with Crippen LogP contribution in [0.3, 0.4) is 0 Å². The number of alkyl halides is 3. The number of aliphatic carboxylic acids is 1. The van der Waals surface area contributed by atoms with Gasteiger partial charge in [0.25, 0.3) is 0 Å². The first-order chi connectivity index (χ1) is 13.8. The Labute approximate surface area is 165 Å². The van der Waals surface area contributed by atoms with Gasteiger partial charge in [0.1, 0.15) is 6.61 Å². The largest absolute Gasteiger partial charge is 0.481 e. The lowest BCUT2D eigenvalue weighted by Gasteiger charge is -2.16. The van der Waals surface area contributed by atoms with Crippen molar-refractivity contribution in [2.24, 2.45) is 5.92 Å². The van der Waals surface area contributed by atoms with Crippen LogP contribution >= 0.6 is 0 Å². The lowest BCUT2D eigenvalue weighted by atomic mass is 9.98. The number of carboxylic acid groups (broad SMARTS) is 1. The van der Waals surface area contributed by atoms with Crippen molar-refractivity contribution in [1.29, 1.82) is 0 Å². The van der Waals surface area contributed by atoms with Gasteiger partial charge in [-0.1, -0.05) is 48.5 Å². The summed E-state index contributed by atoms with van der Waals surface area (Å²) in [6.45, 7) is -0.00328. The van der Waals surface area contributed by atoms with Crippen LogP contribution in [0.4, 0.5) is 18.0 Å². The Morgan fingerprint density at radius 1 is 1.03 bits per heavy atom. The molecular formula is C21H20F3NO4. The van der Waals surface area contributed by atoms with Gasteiger partial charge in [-0.05, 0) is 35.1 Å². The van der Waals surface area contributed by atoms with Crippen molar-refractivity contribution in [1.82, 2.24) is 5.32 Å². The molecule has 5 nitrogen and oxygen atoms in total. The fourth-order valence-electron chi connectivity index (χ4n) is 3.57. The van der Waals surface area contributed by atoms with Crippen LogP contribution in [0.2, 0.25) is 0 Å². The number of hydrogen-bond donors (Lipinski definition) is 2. The number of amides is 1. The van der Waals surface area contributed by atoms with Crippen LogP contribution in [0, 0.1) is 5.92 Å². The van der Waals surface area contributed by atoms with Crippen LogP contribution < -0.4 is 5.32 Å². The molecule has 2 N–H and O–H groups in total. The number of alkyl carbamates (subject to hydrolysis) is 1. The summed E-state index contributed by atoms with van der Waals surface area (Å²) in [5.41, 5.74) is 4.28. The predicted octanol–water partition coefficient (Wildman–Crippen LogP) is 4.57. The van der Waals surface area contributed by atoms with E-state index in [1.807, 2.05) is 48.5 Å². The minimum absolute atomic E-state index is 0.0974. The van der Waals surface area contributed by atoms with Crippen molar-refractivity contribution in [3.8, 4) is 11.1 Å². The van der Waals surface area contributed by atoms with E-state index in [4.69, 9.17) is 9.84 Å². The maximum atomic E-state index is 12.6. The fraction of sp³-hybridized carbons (Fsp3) is 0.333. The quantitative estimate of drug-likeness (QED) is 0.660. The van der Waals surface area contributed by atoms with Gasteiger partial charge < -0.3 is 15.2 Å². The number of rotatable bonds is 7. The number of halogens is 3. The molecule has 8 heteroatoms. The average Bonchev–Trinajstić information content (AvgIpc) is 2.99. The van der Waals surface area contributed by atoms with Crippen molar-refractivity contribution in [2.45, 2.75) is 24.9 Å². The molecule has 1 amide bonds. The Hall–Kier alpha value is -3.03. The van der Waals surface area contributed by atoms with E-state index in [0.717, 1.165) is 22.3 Å². The summed E-state index contributed by atoms with van der Waals surface area (Å²) in [6.07, 6.45) is -6.29. The van der Waals surface area contributed by atoms with Gasteiger partial charge in [-0.25, -0.2) is 4.79 Å². The lowest BCUT2D eigenvalue weighted by molar-refractivity contribution is -0.194. The molecule has 0 saturated heterocycles. The number of carbonyl (C=O) groups excluding carboxylic acids is 1. The van der Waals surface area contributed by atoms with Gasteiger partial charge in [-0.3, -0.25) is 4.79 Å². The Morgan fingerprint density at radius 2 is 1.59 bits per heavy atom. The van der Waals surface area contributed by atoms with E-state index < -0.39 is 30.6 Å². The second-order valence-corrected chi connectivity index (χ2v) is 6.83. The molecule has 0 radical (unpaired) electrons. The molecule has 1 unspecified atom stereocenters. The van der Waals surface area contributed by atoms with Crippen LogP contribution in [-0.2, 0) is 9.53 Å². The van der Waals surface area contributed by atoms with Crippen LogP contribution in [-0.4, -0.2) is 36.5 Å². The summed E-state index contributed by atoms with van der Waals surface area (Å²) >= 11 is 0. The highest BCUT2D eigenvalue weighted by molar-refractivity contribution is 5.79. The molecule has 2 aromatic rings. The van der Waals surface area contributed by atoms with Crippen molar-refractivity contribution in [2.75, 3.05) is 13.2 Å². The van der Waals surface area contributed by atoms with Gasteiger partial charge in [0, 0.05) is 12.5 Å². The second-order valence-electron chi connectivity index (χ2n) is 6.83. The van der Waals surface area contributed by atoms with Gasteiger partial charge >= 0.3 is 18.2 Å². The molecule has 1 aliphatic rings. The highest BCUT2D eigenvalue weighted by Gasteiger charge is 2.44. The Morgan fingerprint density at radius 3 is 2.10 bits per heavy atom. The van der Waals surface area contributed by atoms with Crippen molar-refractivity contribution < 1.29 is 32.6 Å². The van der Waals surface area contributed by atoms with Crippen molar-refractivity contribution in [3.05, 3.63) is 59.7 Å². The maximum absolute atomic E-state index is 12.6. The normalized spacial score (nSPS) is 14.0. The third kappa shape index (κ3) is 4.70. The topological polar surface area (TPSA) is 75.6 Å². The second kappa shape index (κ2) is 8.55. The van der Waals surface area contributed by atoms with Crippen LogP contribution in [0.1, 0.15) is 29.9 Å². The van der Waals surface area contributed by atoms with Gasteiger partial charge in [0.05, 0.1) is 0 Å². The van der Waals surface area contributed by atoms with Gasteiger partial charge in [0.15, 0.2) is 5.92 Å². The van der Waals surface area contributed by atoms with E-state index in [2.05, 4.69) is 5.32 Å². The minimum atomic E-state index is -4.81. The van der Waals surface area contributed by atoms with E-state index in [9.17, 15) is 22.8 Å². The number of carboxylic acids is 1. The third-order valence-electron chi connectivity index (χ3n) is 4.98. The minimum Gasteiger partial charge on any atom is -0.481 e. The molecule has 29 heavy (non-hydrogen) atoms. The zero-order valence-electron chi connectivity index (χ0n) is 15.4. The van der Waals surface area contributed by atoms with Crippen LogP contribution in [0.5, 0.6) is 0 Å². The Kier molecular flexibility index (Phi) is 6.10. The molecule has 1 aliphatic carbocycles. The number of benzene rings is 2. The summed E-state index contributed by atoms with van der Waals surface area (Å²) < 4.78 is 43.1. The average molecular weight is 407 g/mol. The standard InChI is InChI=1S/C21H20F3NO4/c22-21(23,24)18(19(26)27)10-5-11-25-20(28)29-12-17-15-8-3-1-6-13(15)14-7-2-4-9-16(14)17/h1-4,6-9,17-18H,5,10-12H2,(H,25,28)(H,26,27).